The molecule has 0 aliphatic rings. The number of aromatic nitrogens is 2. The molecule has 3 nitrogen and oxygen atoms in total. The summed E-state index contributed by atoms with van der Waals surface area (Å²) in [4.78, 5) is 10.1. The summed E-state index contributed by atoms with van der Waals surface area (Å²) in [5.74, 6) is 1.63. The molecule has 0 bridgehead atoms. The summed E-state index contributed by atoms with van der Waals surface area (Å²) in [7, 11) is 0. The fourth-order valence-electron chi connectivity index (χ4n) is 1.71. The third-order valence-corrected chi connectivity index (χ3v) is 3.68. The predicted molar refractivity (Wildman–Crippen MR) is 75.4 cm³/mol. The maximum Gasteiger partial charge on any atom is 0.138 e. The van der Waals surface area contributed by atoms with Crippen molar-refractivity contribution in [2.45, 2.75) is 30.5 Å². The molecule has 0 saturated heterocycles. The lowest BCUT2D eigenvalue weighted by Gasteiger charge is -2.09. The molecule has 94 valence electrons. The van der Waals surface area contributed by atoms with Crippen LogP contribution in [-0.2, 0) is 5.75 Å². The molecule has 0 radical (unpaired) electrons. The number of hydrogen-bond acceptors (Lipinski definition) is 4. The molecule has 4 heteroatoms. The van der Waals surface area contributed by atoms with Gasteiger partial charge in [0.1, 0.15) is 5.82 Å². The van der Waals surface area contributed by atoms with E-state index in [0.29, 0.717) is 0 Å². The zero-order valence-electron chi connectivity index (χ0n) is 10.6. The Hall–Kier alpha value is -1.39. The van der Waals surface area contributed by atoms with E-state index in [1.165, 1.54) is 4.90 Å². The molecule has 18 heavy (non-hydrogen) atoms. The largest absolute Gasteiger partial charge is 0.324 e. The molecule has 1 atom stereocenters. The van der Waals surface area contributed by atoms with E-state index in [1.54, 1.807) is 11.8 Å². The lowest BCUT2D eigenvalue weighted by Crippen LogP contribution is -2.10. The van der Waals surface area contributed by atoms with Gasteiger partial charge in [0.05, 0.1) is 5.75 Å². The summed E-state index contributed by atoms with van der Waals surface area (Å²) in [5, 5.41) is 0. The van der Waals surface area contributed by atoms with E-state index in [2.05, 4.69) is 22.1 Å². The minimum Gasteiger partial charge on any atom is -0.324 e. The quantitative estimate of drug-likeness (QED) is 0.857. The van der Waals surface area contributed by atoms with Crippen LogP contribution in [0.25, 0.3) is 0 Å². The monoisotopic (exact) mass is 259 g/mol. The predicted octanol–water partition coefficient (Wildman–Crippen LogP) is 3.10. The van der Waals surface area contributed by atoms with Crippen molar-refractivity contribution in [1.82, 2.24) is 9.97 Å². The molecular formula is C14H17N3S. The molecular weight excluding hydrogens is 242 g/mol. The van der Waals surface area contributed by atoms with Gasteiger partial charge < -0.3 is 5.73 Å². The molecule has 0 spiro atoms. The standard InChI is InChI=1S/C14H17N3S/c1-10(15)13-8-16-14(17-11(13)2)9-18-12-6-4-3-5-7-12/h3-8,10H,9,15H2,1-2H3. The van der Waals surface area contributed by atoms with Crippen molar-refractivity contribution >= 4 is 11.8 Å². The van der Waals surface area contributed by atoms with Crippen LogP contribution in [0.15, 0.2) is 41.4 Å². The van der Waals surface area contributed by atoms with Crippen molar-refractivity contribution in [3.63, 3.8) is 0 Å². The fourth-order valence-corrected chi connectivity index (χ4v) is 2.49. The number of thioether (sulfide) groups is 1. The normalized spacial score (nSPS) is 12.4. The van der Waals surface area contributed by atoms with Gasteiger partial charge in [0.15, 0.2) is 0 Å². The molecule has 0 aliphatic carbocycles. The molecule has 0 saturated carbocycles. The first-order chi connectivity index (χ1) is 8.66. The molecule has 0 amide bonds. The highest BCUT2D eigenvalue weighted by Crippen LogP contribution is 2.21. The third-order valence-electron chi connectivity index (χ3n) is 2.67. The van der Waals surface area contributed by atoms with Crippen LogP contribution in [0.3, 0.4) is 0 Å². The van der Waals surface area contributed by atoms with Crippen LogP contribution in [0.1, 0.15) is 30.0 Å². The van der Waals surface area contributed by atoms with Crippen LogP contribution in [0.4, 0.5) is 0 Å². The van der Waals surface area contributed by atoms with Gasteiger partial charge in [-0.15, -0.1) is 11.8 Å². The summed E-state index contributed by atoms with van der Waals surface area (Å²) in [6.07, 6.45) is 1.84. The van der Waals surface area contributed by atoms with E-state index < -0.39 is 0 Å². The highest BCUT2D eigenvalue weighted by molar-refractivity contribution is 7.98. The number of nitrogens with two attached hydrogens (primary N) is 1. The van der Waals surface area contributed by atoms with Gasteiger partial charge in [-0.25, -0.2) is 9.97 Å². The van der Waals surface area contributed by atoms with Gasteiger partial charge in [0, 0.05) is 28.4 Å². The number of rotatable bonds is 4. The lowest BCUT2D eigenvalue weighted by atomic mass is 10.1. The summed E-state index contributed by atoms with van der Waals surface area (Å²) in [6, 6.07) is 10.3. The van der Waals surface area contributed by atoms with Gasteiger partial charge in [-0.3, -0.25) is 0 Å². The maximum absolute atomic E-state index is 5.84. The highest BCUT2D eigenvalue weighted by Gasteiger charge is 2.07. The molecule has 2 N–H and O–H groups in total. The third kappa shape index (κ3) is 3.31. The number of benzene rings is 1. The van der Waals surface area contributed by atoms with Crippen molar-refractivity contribution in [2.24, 2.45) is 5.73 Å². The summed E-state index contributed by atoms with van der Waals surface area (Å²) in [5.41, 5.74) is 7.84. The van der Waals surface area contributed by atoms with Gasteiger partial charge >= 0.3 is 0 Å². The topological polar surface area (TPSA) is 51.8 Å². The Morgan fingerprint density at radius 2 is 2.00 bits per heavy atom. The van der Waals surface area contributed by atoms with E-state index in [0.717, 1.165) is 22.8 Å². The molecule has 1 heterocycles. The minimum atomic E-state index is -0.0131. The smallest absolute Gasteiger partial charge is 0.138 e. The van der Waals surface area contributed by atoms with E-state index >= 15 is 0 Å². The Balaban J connectivity index is 2.05. The van der Waals surface area contributed by atoms with E-state index in [-0.39, 0.29) is 6.04 Å². The van der Waals surface area contributed by atoms with Gasteiger partial charge in [0.25, 0.3) is 0 Å². The Kier molecular flexibility index (Phi) is 4.33. The average molecular weight is 259 g/mol. The molecule has 2 aromatic rings. The molecule has 1 aromatic carbocycles. The molecule has 0 aliphatic heterocycles. The Morgan fingerprint density at radius 1 is 1.28 bits per heavy atom. The van der Waals surface area contributed by atoms with Crippen LogP contribution < -0.4 is 5.73 Å². The Morgan fingerprint density at radius 3 is 2.61 bits per heavy atom. The summed E-state index contributed by atoms with van der Waals surface area (Å²) >= 11 is 1.74. The highest BCUT2D eigenvalue weighted by atomic mass is 32.2. The second-order valence-corrected chi connectivity index (χ2v) is 5.27. The molecule has 1 aromatic heterocycles. The average Bonchev–Trinajstić information content (AvgIpc) is 2.37. The molecule has 0 fully saturated rings. The first kappa shape index (κ1) is 13.1. The van der Waals surface area contributed by atoms with E-state index in [1.807, 2.05) is 38.2 Å². The lowest BCUT2D eigenvalue weighted by molar-refractivity contribution is 0.781. The first-order valence-corrected chi connectivity index (χ1v) is 6.91. The SMILES string of the molecule is Cc1nc(CSc2ccccc2)ncc1C(C)N. The molecule has 2 rings (SSSR count). The zero-order chi connectivity index (χ0) is 13.0. The second-order valence-electron chi connectivity index (χ2n) is 4.22. The van der Waals surface area contributed by atoms with Gasteiger partial charge in [-0.05, 0) is 26.0 Å². The number of aryl methyl sites for hydroxylation is 1. The van der Waals surface area contributed by atoms with Crippen molar-refractivity contribution in [3.8, 4) is 0 Å². The summed E-state index contributed by atoms with van der Waals surface area (Å²) in [6.45, 7) is 3.93. The van der Waals surface area contributed by atoms with Crippen molar-refractivity contribution < 1.29 is 0 Å². The Bertz CT molecular complexity index is 512. The Labute approximate surface area is 112 Å². The second kappa shape index (κ2) is 5.98. The fraction of sp³-hybridized carbons (Fsp3) is 0.286. The van der Waals surface area contributed by atoms with E-state index in [4.69, 9.17) is 5.73 Å². The van der Waals surface area contributed by atoms with Gasteiger partial charge in [-0.2, -0.15) is 0 Å². The van der Waals surface area contributed by atoms with Gasteiger partial charge in [-0.1, -0.05) is 18.2 Å². The van der Waals surface area contributed by atoms with E-state index in [9.17, 15) is 0 Å². The van der Waals surface area contributed by atoms with Gasteiger partial charge in [0.2, 0.25) is 0 Å². The summed E-state index contributed by atoms with van der Waals surface area (Å²) < 4.78 is 0. The van der Waals surface area contributed by atoms with Crippen LogP contribution in [0.5, 0.6) is 0 Å². The van der Waals surface area contributed by atoms with Crippen LogP contribution in [0.2, 0.25) is 0 Å². The van der Waals surface area contributed by atoms with Crippen LogP contribution in [-0.4, -0.2) is 9.97 Å². The van der Waals surface area contributed by atoms with Crippen molar-refractivity contribution in [2.75, 3.05) is 0 Å². The molecule has 1 unspecified atom stereocenters. The maximum atomic E-state index is 5.84. The van der Waals surface area contributed by atoms with Crippen molar-refractivity contribution in [3.05, 3.63) is 53.6 Å². The van der Waals surface area contributed by atoms with Crippen LogP contribution >= 0.6 is 11.8 Å². The van der Waals surface area contributed by atoms with Crippen LogP contribution in [0, 0.1) is 6.92 Å². The van der Waals surface area contributed by atoms with Crippen molar-refractivity contribution in [1.29, 1.82) is 0 Å². The first-order valence-electron chi connectivity index (χ1n) is 5.92. The zero-order valence-corrected chi connectivity index (χ0v) is 11.4. The minimum absolute atomic E-state index is 0.0131. The number of hydrogen-bond donors (Lipinski definition) is 1. The number of nitrogens with zero attached hydrogens (tertiary/aromatic N) is 2.